The van der Waals surface area contributed by atoms with Crippen LogP contribution in [0.1, 0.15) is 30.4 Å². The van der Waals surface area contributed by atoms with Crippen molar-refractivity contribution in [2.75, 3.05) is 17.2 Å². The number of hydrogen-bond acceptors (Lipinski definition) is 2. The van der Waals surface area contributed by atoms with E-state index in [9.17, 15) is 4.79 Å². The van der Waals surface area contributed by atoms with Crippen molar-refractivity contribution in [3.63, 3.8) is 0 Å². The highest BCUT2D eigenvalue weighted by Gasteiger charge is 2.24. The molecule has 1 heterocycles. The summed E-state index contributed by atoms with van der Waals surface area (Å²) in [6.45, 7) is 2.60. The SMILES string of the molecule is CCc1cccc(NC(N)=NCC2CC(=O)Nc3ccccc32)c1. The van der Waals surface area contributed by atoms with Crippen LogP contribution in [-0.2, 0) is 11.2 Å². The highest BCUT2D eigenvalue weighted by Crippen LogP contribution is 2.31. The molecule has 4 N–H and O–H groups in total. The number of fused-ring (bicyclic) bond motifs is 1. The number of guanidine groups is 1. The van der Waals surface area contributed by atoms with Crippen molar-refractivity contribution in [3.05, 3.63) is 59.7 Å². The summed E-state index contributed by atoms with van der Waals surface area (Å²) >= 11 is 0. The van der Waals surface area contributed by atoms with E-state index in [0.717, 1.165) is 23.4 Å². The number of carbonyl (C=O) groups excluding carboxylic acids is 1. The van der Waals surface area contributed by atoms with E-state index < -0.39 is 0 Å². The van der Waals surface area contributed by atoms with Gasteiger partial charge < -0.3 is 16.4 Å². The number of benzene rings is 2. The predicted molar refractivity (Wildman–Crippen MR) is 98.4 cm³/mol. The molecule has 0 spiro atoms. The smallest absolute Gasteiger partial charge is 0.225 e. The molecule has 0 radical (unpaired) electrons. The Morgan fingerprint density at radius 2 is 2.12 bits per heavy atom. The van der Waals surface area contributed by atoms with Crippen molar-refractivity contribution >= 4 is 23.2 Å². The summed E-state index contributed by atoms with van der Waals surface area (Å²) in [5.41, 5.74) is 10.2. The predicted octanol–water partition coefficient (Wildman–Crippen LogP) is 3.10. The van der Waals surface area contributed by atoms with Crippen molar-refractivity contribution in [3.8, 4) is 0 Å². The minimum atomic E-state index is 0.0241. The van der Waals surface area contributed by atoms with Gasteiger partial charge in [-0.2, -0.15) is 0 Å². The lowest BCUT2D eigenvalue weighted by Gasteiger charge is -2.24. The van der Waals surface area contributed by atoms with E-state index in [-0.39, 0.29) is 11.8 Å². The maximum Gasteiger partial charge on any atom is 0.225 e. The van der Waals surface area contributed by atoms with Crippen LogP contribution < -0.4 is 16.4 Å². The molecule has 0 aliphatic carbocycles. The number of nitrogens with two attached hydrogens (primary N) is 1. The first-order chi connectivity index (χ1) is 11.7. The van der Waals surface area contributed by atoms with Crippen LogP contribution in [0.4, 0.5) is 11.4 Å². The third kappa shape index (κ3) is 3.74. The van der Waals surface area contributed by atoms with Crippen LogP contribution in [0.5, 0.6) is 0 Å². The van der Waals surface area contributed by atoms with E-state index in [1.54, 1.807) is 0 Å². The van der Waals surface area contributed by atoms with Crippen molar-refractivity contribution in [1.82, 2.24) is 0 Å². The molecule has 3 rings (SSSR count). The van der Waals surface area contributed by atoms with Crippen LogP contribution in [-0.4, -0.2) is 18.4 Å². The first-order valence-corrected chi connectivity index (χ1v) is 8.20. The van der Waals surface area contributed by atoms with Gasteiger partial charge in [-0.3, -0.25) is 9.79 Å². The van der Waals surface area contributed by atoms with Crippen LogP contribution in [0.3, 0.4) is 0 Å². The summed E-state index contributed by atoms with van der Waals surface area (Å²) in [6, 6.07) is 15.9. The molecule has 0 saturated heterocycles. The van der Waals surface area contributed by atoms with Crippen LogP contribution in [0.25, 0.3) is 0 Å². The van der Waals surface area contributed by atoms with E-state index in [1.165, 1.54) is 5.56 Å². The molecular formula is C19H22N4O. The summed E-state index contributed by atoms with van der Waals surface area (Å²) < 4.78 is 0. The molecule has 1 amide bonds. The summed E-state index contributed by atoms with van der Waals surface area (Å²) in [5, 5.41) is 6.01. The molecule has 1 unspecified atom stereocenters. The maximum atomic E-state index is 11.8. The fourth-order valence-electron chi connectivity index (χ4n) is 2.93. The van der Waals surface area contributed by atoms with Gasteiger partial charge in [0, 0.05) is 23.7 Å². The van der Waals surface area contributed by atoms with E-state index >= 15 is 0 Å². The largest absolute Gasteiger partial charge is 0.370 e. The quantitative estimate of drug-likeness (QED) is 0.598. The van der Waals surface area contributed by atoms with Crippen LogP contribution in [0, 0.1) is 0 Å². The Kier molecular flexibility index (Phi) is 4.79. The van der Waals surface area contributed by atoms with Gasteiger partial charge in [-0.15, -0.1) is 0 Å². The standard InChI is InChI=1S/C19H22N4O/c1-2-13-6-5-7-15(10-13)22-19(20)21-12-14-11-18(24)23-17-9-4-3-8-16(14)17/h3-10,14H,2,11-12H2,1H3,(H,23,24)(H3,20,21,22). The van der Waals surface area contributed by atoms with Crippen molar-refractivity contribution in [1.29, 1.82) is 0 Å². The Bertz CT molecular complexity index is 769. The van der Waals surface area contributed by atoms with Crippen molar-refractivity contribution in [2.45, 2.75) is 25.7 Å². The summed E-state index contributed by atoms with van der Waals surface area (Å²) in [7, 11) is 0. The fourth-order valence-corrected chi connectivity index (χ4v) is 2.93. The highest BCUT2D eigenvalue weighted by molar-refractivity contribution is 5.95. The highest BCUT2D eigenvalue weighted by atomic mass is 16.1. The minimum absolute atomic E-state index is 0.0241. The van der Waals surface area contributed by atoms with Crippen LogP contribution in [0.15, 0.2) is 53.5 Å². The van der Waals surface area contributed by atoms with Gasteiger partial charge in [0.15, 0.2) is 5.96 Å². The number of nitrogens with one attached hydrogen (secondary N) is 2. The number of para-hydroxylation sites is 1. The normalized spacial score (nSPS) is 17.1. The van der Waals surface area contributed by atoms with Gasteiger partial charge in [-0.25, -0.2) is 0 Å². The van der Waals surface area contributed by atoms with Gasteiger partial charge in [0.2, 0.25) is 5.91 Å². The van der Waals surface area contributed by atoms with Crippen LogP contribution >= 0.6 is 0 Å². The zero-order valence-electron chi connectivity index (χ0n) is 13.8. The molecule has 124 valence electrons. The van der Waals surface area contributed by atoms with Gasteiger partial charge >= 0.3 is 0 Å². The van der Waals surface area contributed by atoms with Crippen LogP contribution in [0.2, 0.25) is 0 Å². The monoisotopic (exact) mass is 322 g/mol. The number of aryl methyl sites for hydroxylation is 1. The van der Waals surface area contributed by atoms with E-state index in [1.807, 2.05) is 36.4 Å². The van der Waals surface area contributed by atoms with Gasteiger partial charge in [0.05, 0.1) is 6.54 Å². The first-order valence-electron chi connectivity index (χ1n) is 8.20. The number of hydrogen-bond donors (Lipinski definition) is 3. The first kappa shape index (κ1) is 16.1. The zero-order valence-corrected chi connectivity index (χ0v) is 13.8. The molecule has 0 saturated carbocycles. The molecule has 2 aromatic rings. The molecule has 1 aliphatic heterocycles. The topological polar surface area (TPSA) is 79.5 Å². The summed E-state index contributed by atoms with van der Waals surface area (Å²) in [5.74, 6) is 0.445. The average molecular weight is 322 g/mol. The van der Waals surface area contributed by atoms with E-state index in [2.05, 4.69) is 34.7 Å². The van der Waals surface area contributed by atoms with Gasteiger partial charge in [-0.1, -0.05) is 37.3 Å². The fraction of sp³-hybridized carbons (Fsp3) is 0.263. The molecule has 2 aromatic carbocycles. The Morgan fingerprint density at radius 1 is 1.29 bits per heavy atom. The molecule has 5 nitrogen and oxygen atoms in total. The van der Waals surface area contributed by atoms with Gasteiger partial charge in [0.25, 0.3) is 0 Å². The van der Waals surface area contributed by atoms with Crippen molar-refractivity contribution in [2.24, 2.45) is 10.7 Å². The number of anilines is 2. The Hall–Kier alpha value is -2.82. The Morgan fingerprint density at radius 3 is 2.96 bits per heavy atom. The number of rotatable bonds is 4. The van der Waals surface area contributed by atoms with Crippen molar-refractivity contribution < 1.29 is 4.79 Å². The lowest BCUT2D eigenvalue weighted by Crippen LogP contribution is -2.27. The number of amides is 1. The Labute approximate surface area is 142 Å². The number of nitrogens with zero attached hydrogens (tertiary/aromatic N) is 1. The summed E-state index contributed by atoms with van der Waals surface area (Å²) in [6.07, 6.45) is 1.40. The van der Waals surface area contributed by atoms with Gasteiger partial charge in [-0.05, 0) is 35.7 Å². The zero-order chi connectivity index (χ0) is 16.9. The molecule has 1 aliphatic rings. The second-order valence-electron chi connectivity index (χ2n) is 5.94. The number of carbonyl (C=O) groups is 1. The summed E-state index contributed by atoms with van der Waals surface area (Å²) in [4.78, 5) is 16.3. The second kappa shape index (κ2) is 7.17. The molecule has 0 bridgehead atoms. The third-order valence-electron chi connectivity index (χ3n) is 4.20. The average Bonchev–Trinajstić information content (AvgIpc) is 2.59. The molecule has 5 heteroatoms. The minimum Gasteiger partial charge on any atom is -0.370 e. The van der Waals surface area contributed by atoms with Gasteiger partial charge in [0.1, 0.15) is 0 Å². The molecule has 24 heavy (non-hydrogen) atoms. The lowest BCUT2D eigenvalue weighted by molar-refractivity contribution is -0.116. The van der Waals surface area contributed by atoms with E-state index in [4.69, 9.17) is 5.73 Å². The molecule has 0 aromatic heterocycles. The molecule has 0 fully saturated rings. The van der Waals surface area contributed by atoms with E-state index in [0.29, 0.717) is 18.9 Å². The number of aliphatic imine (C=N–C) groups is 1. The Balaban J connectivity index is 1.70. The second-order valence-corrected chi connectivity index (χ2v) is 5.94. The lowest BCUT2D eigenvalue weighted by atomic mass is 9.91. The third-order valence-corrected chi connectivity index (χ3v) is 4.20. The molecule has 1 atom stereocenters. The molecular weight excluding hydrogens is 300 g/mol. The maximum absolute atomic E-state index is 11.8.